The highest BCUT2D eigenvalue weighted by Crippen LogP contribution is 2.28. The molecule has 2 fully saturated rings. The number of nitrogens with zero attached hydrogens (tertiary/aromatic N) is 3. The third-order valence-corrected chi connectivity index (χ3v) is 5.70. The van der Waals surface area contributed by atoms with E-state index in [1.807, 2.05) is 6.07 Å². The van der Waals surface area contributed by atoms with Crippen LogP contribution in [0.3, 0.4) is 0 Å². The van der Waals surface area contributed by atoms with Gasteiger partial charge < -0.3 is 10.0 Å². The first-order valence-corrected chi connectivity index (χ1v) is 9.33. The van der Waals surface area contributed by atoms with Gasteiger partial charge in [0.05, 0.1) is 0 Å². The molecule has 2 aliphatic heterocycles. The van der Waals surface area contributed by atoms with Gasteiger partial charge in [0.15, 0.2) is 0 Å². The summed E-state index contributed by atoms with van der Waals surface area (Å²) in [6.45, 7) is 5.90. The number of benzene rings is 1. The van der Waals surface area contributed by atoms with Crippen molar-refractivity contribution in [2.75, 3.05) is 26.2 Å². The van der Waals surface area contributed by atoms with Crippen LogP contribution in [0.25, 0.3) is 10.9 Å². The van der Waals surface area contributed by atoms with Crippen LogP contribution in [0.1, 0.15) is 37.7 Å². The maximum absolute atomic E-state index is 10.00. The van der Waals surface area contributed by atoms with Crippen molar-refractivity contribution in [2.45, 2.75) is 44.7 Å². The van der Waals surface area contributed by atoms with Gasteiger partial charge >= 0.3 is 0 Å². The van der Waals surface area contributed by atoms with E-state index in [-0.39, 0.29) is 5.75 Å². The van der Waals surface area contributed by atoms with Gasteiger partial charge in [-0.1, -0.05) is 18.6 Å². The molecule has 2 saturated heterocycles. The number of fused-ring (bicyclic) bond motifs is 1. The maximum Gasteiger partial charge on any atom is 0.141 e. The normalized spacial score (nSPS) is 21.3. The Morgan fingerprint density at radius 3 is 2.58 bits per heavy atom. The Hall–Kier alpha value is -1.65. The summed E-state index contributed by atoms with van der Waals surface area (Å²) in [5.74, 6) is 0.276. The first-order valence-electron chi connectivity index (χ1n) is 9.33. The number of aromatic nitrogens is 1. The molecule has 0 bridgehead atoms. The summed E-state index contributed by atoms with van der Waals surface area (Å²) >= 11 is 0. The van der Waals surface area contributed by atoms with Crippen LogP contribution >= 0.6 is 0 Å². The molecular weight excluding hydrogens is 298 g/mol. The molecule has 4 rings (SSSR count). The van der Waals surface area contributed by atoms with Crippen LogP contribution in [0, 0.1) is 0 Å². The molecule has 1 N–H and O–H groups in total. The number of pyridine rings is 1. The van der Waals surface area contributed by atoms with Crippen LogP contribution in [0.2, 0.25) is 0 Å². The first-order chi connectivity index (χ1) is 11.8. The lowest BCUT2D eigenvalue weighted by Gasteiger charge is -2.40. The molecule has 3 heterocycles. The second-order valence-corrected chi connectivity index (χ2v) is 7.25. The molecule has 0 radical (unpaired) electrons. The maximum atomic E-state index is 10.00. The summed E-state index contributed by atoms with van der Waals surface area (Å²) in [4.78, 5) is 9.61. The summed E-state index contributed by atoms with van der Waals surface area (Å²) in [7, 11) is 0. The predicted molar refractivity (Wildman–Crippen MR) is 97.1 cm³/mol. The van der Waals surface area contributed by atoms with E-state index in [0.717, 1.165) is 23.5 Å². The zero-order chi connectivity index (χ0) is 16.4. The van der Waals surface area contributed by atoms with E-state index in [2.05, 4.69) is 26.9 Å². The minimum Gasteiger partial charge on any atom is -0.506 e. The molecule has 2 aliphatic rings. The van der Waals surface area contributed by atoms with Crippen molar-refractivity contribution < 1.29 is 5.11 Å². The minimum absolute atomic E-state index is 0.276. The molecule has 1 aromatic carbocycles. The summed E-state index contributed by atoms with van der Waals surface area (Å²) in [6, 6.07) is 8.65. The predicted octanol–water partition coefficient (Wildman–Crippen LogP) is 3.39. The van der Waals surface area contributed by atoms with Gasteiger partial charge in [-0.05, 0) is 69.6 Å². The van der Waals surface area contributed by atoms with Crippen LogP contribution in [0.15, 0.2) is 30.5 Å². The van der Waals surface area contributed by atoms with E-state index in [9.17, 15) is 5.11 Å². The van der Waals surface area contributed by atoms with Gasteiger partial charge in [0, 0.05) is 24.2 Å². The summed E-state index contributed by atoms with van der Waals surface area (Å²) in [6.07, 6.45) is 8.50. The molecule has 1 aromatic heterocycles. The SMILES string of the molecule is Oc1ccc(CN2CCC(N3CCCCC3)CC2)c2cccnc12. The number of phenols is 1. The van der Waals surface area contributed by atoms with E-state index in [1.54, 1.807) is 12.3 Å². The minimum atomic E-state index is 0.276. The summed E-state index contributed by atoms with van der Waals surface area (Å²) in [5.41, 5.74) is 1.99. The van der Waals surface area contributed by atoms with Gasteiger partial charge in [-0.2, -0.15) is 0 Å². The molecular formula is C20H27N3O. The monoisotopic (exact) mass is 325 g/mol. The number of likely N-dealkylation sites (tertiary alicyclic amines) is 2. The number of rotatable bonds is 3. The molecule has 0 unspecified atom stereocenters. The number of hydrogen-bond acceptors (Lipinski definition) is 4. The zero-order valence-electron chi connectivity index (χ0n) is 14.3. The van der Waals surface area contributed by atoms with Crippen LogP contribution in [0.5, 0.6) is 5.75 Å². The molecule has 0 aliphatic carbocycles. The van der Waals surface area contributed by atoms with Crippen LogP contribution in [-0.2, 0) is 6.54 Å². The fourth-order valence-corrected chi connectivity index (χ4v) is 4.32. The van der Waals surface area contributed by atoms with Gasteiger partial charge in [0.2, 0.25) is 0 Å². The Morgan fingerprint density at radius 1 is 1.00 bits per heavy atom. The highest BCUT2D eigenvalue weighted by molar-refractivity contribution is 5.87. The molecule has 0 atom stereocenters. The Balaban J connectivity index is 1.41. The second-order valence-electron chi connectivity index (χ2n) is 7.25. The van der Waals surface area contributed by atoms with Gasteiger partial charge in [-0.3, -0.25) is 9.88 Å². The second kappa shape index (κ2) is 7.08. The molecule has 2 aromatic rings. The lowest BCUT2D eigenvalue weighted by molar-refractivity contribution is 0.0898. The Bertz CT molecular complexity index is 688. The molecule has 4 nitrogen and oxygen atoms in total. The Morgan fingerprint density at radius 2 is 1.79 bits per heavy atom. The lowest BCUT2D eigenvalue weighted by atomic mass is 9.99. The first kappa shape index (κ1) is 15.9. The molecule has 4 heteroatoms. The van der Waals surface area contributed by atoms with Crippen molar-refractivity contribution in [1.82, 2.24) is 14.8 Å². The smallest absolute Gasteiger partial charge is 0.141 e. The number of aromatic hydroxyl groups is 1. The zero-order valence-corrected chi connectivity index (χ0v) is 14.3. The lowest BCUT2D eigenvalue weighted by Crippen LogP contribution is -2.46. The number of piperidine rings is 2. The summed E-state index contributed by atoms with van der Waals surface area (Å²) in [5, 5.41) is 11.1. The van der Waals surface area contributed by atoms with Gasteiger partial charge in [0.25, 0.3) is 0 Å². The van der Waals surface area contributed by atoms with Crippen LogP contribution in [-0.4, -0.2) is 52.1 Å². The highest BCUT2D eigenvalue weighted by atomic mass is 16.3. The van der Waals surface area contributed by atoms with Crippen molar-refractivity contribution in [3.8, 4) is 5.75 Å². The molecule has 0 saturated carbocycles. The van der Waals surface area contributed by atoms with Gasteiger partial charge in [-0.25, -0.2) is 0 Å². The fourth-order valence-electron chi connectivity index (χ4n) is 4.32. The average Bonchev–Trinajstić information content (AvgIpc) is 2.66. The Labute approximate surface area is 144 Å². The third kappa shape index (κ3) is 3.26. The molecule has 0 spiro atoms. The number of phenolic OH excluding ortho intramolecular Hbond substituents is 1. The van der Waals surface area contributed by atoms with E-state index in [1.165, 1.54) is 63.8 Å². The largest absolute Gasteiger partial charge is 0.506 e. The van der Waals surface area contributed by atoms with Crippen LogP contribution in [0.4, 0.5) is 0 Å². The molecule has 128 valence electrons. The highest BCUT2D eigenvalue weighted by Gasteiger charge is 2.25. The van der Waals surface area contributed by atoms with Crippen LogP contribution < -0.4 is 0 Å². The average molecular weight is 325 g/mol. The van der Waals surface area contributed by atoms with E-state index in [4.69, 9.17) is 0 Å². The number of hydrogen-bond donors (Lipinski definition) is 1. The topological polar surface area (TPSA) is 39.6 Å². The van der Waals surface area contributed by atoms with E-state index in [0.29, 0.717) is 0 Å². The van der Waals surface area contributed by atoms with E-state index >= 15 is 0 Å². The summed E-state index contributed by atoms with van der Waals surface area (Å²) < 4.78 is 0. The van der Waals surface area contributed by atoms with Crippen molar-refractivity contribution in [1.29, 1.82) is 0 Å². The molecule has 24 heavy (non-hydrogen) atoms. The van der Waals surface area contributed by atoms with Crippen molar-refractivity contribution >= 4 is 10.9 Å². The van der Waals surface area contributed by atoms with Gasteiger partial charge in [-0.15, -0.1) is 0 Å². The van der Waals surface area contributed by atoms with Crippen molar-refractivity contribution in [2.24, 2.45) is 0 Å². The van der Waals surface area contributed by atoms with Crippen molar-refractivity contribution in [3.63, 3.8) is 0 Å². The van der Waals surface area contributed by atoms with Crippen molar-refractivity contribution in [3.05, 3.63) is 36.0 Å². The quantitative estimate of drug-likeness (QED) is 0.939. The Kier molecular flexibility index (Phi) is 4.67. The molecule has 0 amide bonds. The third-order valence-electron chi connectivity index (χ3n) is 5.70. The fraction of sp³-hybridized carbons (Fsp3) is 0.550. The standard InChI is InChI=1S/C20H27N3O/c24-19-7-6-16(18-5-4-10-21-20(18)19)15-22-13-8-17(9-14-22)23-11-2-1-3-12-23/h4-7,10,17,24H,1-3,8-9,11-15H2. The van der Waals surface area contributed by atoms with E-state index < -0.39 is 0 Å². The van der Waals surface area contributed by atoms with Gasteiger partial charge in [0.1, 0.15) is 11.3 Å².